The lowest BCUT2D eigenvalue weighted by Crippen LogP contribution is -2.48. The molecule has 1 aliphatic carbocycles. The molecule has 2 aromatic heterocycles. The van der Waals surface area contributed by atoms with Crippen molar-refractivity contribution in [2.45, 2.75) is 31.2 Å². The summed E-state index contributed by atoms with van der Waals surface area (Å²) in [5.41, 5.74) is -2.54. The fraction of sp³-hybridized carbons (Fsp3) is 0.333. The minimum Gasteiger partial charge on any atom is -0.446 e. The first-order valence-electron chi connectivity index (χ1n) is 8.72. The van der Waals surface area contributed by atoms with Gasteiger partial charge in [0.15, 0.2) is 17.4 Å². The van der Waals surface area contributed by atoms with E-state index in [1.807, 2.05) is 0 Å². The molecule has 0 radical (unpaired) electrons. The summed E-state index contributed by atoms with van der Waals surface area (Å²) in [7, 11) is 0. The summed E-state index contributed by atoms with van der Waals surface area (Å²) in [4.78, 5) is 33.3. The SMILES string of the molecule is Cl.O=C1CC[C@@]2(COC(=O)N2c2ncc(C(F)(F)F)cc2OC(F)F)c2ccnc(Cl)c21. The summed E-state index contributed by atoms with van der Waals surface area (Å²) in [5.74, 6) is -1.94. The minimum absolute atomic E-state index is 0. The Hall–Kier alpha value is -2.73. The topological polar surface area (TPSA) is 81.6 Å². The van der Waals surface area contributed by atoms with Gasteiger partial charge in [0.25, 0.3) is 0 Å². The van der Waals surface area contributed by atoms with Crippen LogP contribution in [-0.2, 0) is 16.5 Å². The van der Waals surface area contributed by atoms with Crippen molar-refractivity contribution in [3.63, 3.8) is 0 Å². The standard InChI is InChI=1S/C18H11ClF5N3O4.ClH/c19-13-12-9(2-4-25-13)17(3-1-10(12)28)7-30-16(29)27(17)14-11(31-15(20)21)5-8(6-26-14)18(22,23)24;/h2,4-6,15H,1,3,7H2;1H/t17-;/m1./s1. The third-order valence-corrected chi connectivity index (χ3v) is 5.37. The van der Waals surface area contributed by atoms with E-state index in [0.717, 1.165) is 4.90 Å². The molecule has 2 aromatic rings. The van der Waals surface area contributed by atoms with Crippen LogP contribution in [0.1, 0.15) is 34.3 Å². The zero-order valence-corrected chi connectivity index (χ0v) is 17.2. The highest BCUT2D eigenvalue weighted by atomic mass is 35.5. The first-order chi connectivity index (χ1) is 14.5. The number of hydrogen-bond donors (Lipinski definition) is 0. The van der Waals surface area contributed by atoms with Crippen molar-refractivity contribution in [3.8, 4) is 5.75 Å². The zero-order valence-electron chi connectivity index (χ0n) is 15.7. The Bertz CT molecular complexity index is 1090. The number of nitrogens with zero attached hydrogens (tertiary/aromatic N) is 3. The Labute approximate surface area is 187 Å². The van der Waals surface area contributed by atoms with Crippen LogP contribution in [0.3, 0.4) is 0 Å². The maximum Gasteiger partial charge on any atom is 0.418 e. The molecule has 4 rings (SSSR count). The highest BCUT2D eigenvalue weighted by Crippen LogP contribution is 2.49. The molecular weight excluding hydrogens is 488 g/mol. The lowest BCUT2D eigenvalue weighted by Gasteiger charge is -2.39. The predicted octanol–water partition coefficient (Wildman–Crippen LogP) is 5.00. The summed E-state index contributed by atoms with van der Waals surface area (Å²) in [6.07, 6.45) is -4.39. The van der Waals surface area contributed by atoms with Gasteiger partial charge in [-0.05, 0) is 24.1 Å². The molecule has 1 fully saturated rings. The van der Waals surface area contributed by atoms with Crippen molar-refractivity contribution in [2.75, 3.05) is 11.5 Å². The van der Waals surface area contributed by atoms with Crippen LogP contribution in [0.5, 0.6) is 5.75 Å². The van der Waals surface area contributed by atoms with Gasteiger partial charge < -0.3 is 9.47 Å². The van der Waals surface area contributed by atoms with E-state index in [1.54, 1.807) is 0 Å². The second-order valence-corrected chi connectivity index (χ2v) is 7.15. The number of fused-ring (bicyclic) bond motifs is 2. The number of anilines is 1. The van der Waals surface area contributed by atoms with Gasteiger partial charge in [-0.1, -0.05) is 11.6 Å². The van der Waals surface area contributed by atoms with Gasteiger partial charge in [0, 0.05) is 18.8 Å². The molecule has 2 aliphatic rings. The first-order valence-corrected chi connectivity index (χ1v) is 9.09. The molecular formula is C18H12Cl2F5N3O4. The zero-order chi connectivity index (χ0) is 22.6. The monoisotopic (exact) mass is 499 g/mol. The molecule has 14 heteroatoms. The second-order valence-electron chi connectivity index (χ2n) is 6.79. The molecule has 1 saturated heterocycles. The van der Waals surface area contributed by atoms with Crippen LogP contribution in [0.4, 0.5) is 32.6 Å². The summed E-state index contributed by atoms with van der Waals surface area (Å²) in [6.45, 7) is -3.80. The van der Waals surface area contributed by atoms with Crippen LogP contribution in [0.2, 0.25) is 5.15 Å². The number of alkyl halides is 5. The Morgan fingerprint density at radius 3 is 2.62 bits per heavy atom. The van der Waals surface area contributed by atoms with E-state index in [4.69, 9.17) is 16.3 Å². The molecule has 0 saturated carbocycles. The van der Waals surface area contributed by atoms with E-state index in [0.29, 0.717) is 12.3 Å². The lowest BCUT2D eigenvalue weighted by atomic mass is 9.76. The number of ether oxygens (including phenoxy) is 2. The number of amides is 1. The van der Waals surface area contributed by atoms with Crippen LogP contribution < -0.4 is 9.64 Å². The molecule has 1 amide bonds. The van der Waals surface area contributed by atoms with Crippen molar-refractivity contribution < 1.29 is 41.0 Å². The fourth-order valence-corrected chi connectivity index (χ4v) is 4.03. The average Bonchev–Trinajstić information content (AvgIpc) is 3.01. The second kappa shape index (κ2) is 8.32. The molecule has 1 aliphatic heterocycles. The van der Waals surface area contributed by atoms with Crippen molar-refractivity contribution >= 4 is 41.7 Å². The van der Waals surface area contributed by atoms with Crippen LogP contribution in [0.25, 0.3) is 0 Å². The summed E-state index contributed by atoms with van der Waals surface area (Å²) in [6, 6.07) is 1.73. The van der Waals surface area contributed by atoms with Gasteiger partial charge in [-0.25, -0.2) is 19.7 Å². The molecule has 1 spiro atoms. The molecule has 0 N–H and O–H groups in total. The van der Waals surface area contributed by atoms with E-state index in [9.17, 15) is 31.5 Å². The highest BCUT2D eigenvalue weighted by molar-refractivity contribution is 6.33. The van der Waals surface area contributed by atoms with Crippen molar-refractivity contribution in [2.24, 2.45) is 0 Å². The highest BCUT2D eigenvalue weighted by Gasteiger charge is 2.55. The Morgan fingerprint density at radius 1 is 1.25 bits per heavy atom. The van der Waals surface area contributed by atoms with Crippen molar-refractivity contribution in [1.82, 2.24) is 9.97 Å². The number of pyridine rings is 2. The average molecular weight is 500 g/mol. The lowest BCUT2D eigenvalue weighted by molar-refractivity contribution is -0.138. The number of hydrogen-bond acceptors (Lipinski definition) is 6. The fourth-order valence-electron chi connectivity index (χ4n) is 3.77. The van der Waals surface area contributed by atoms with Gasteiger partial charge in [0.2, 0.25) is 0 Å². The molecule has 0 aromatic carbocycles. The molecule has 7 nitrogen and oxygen atoms in total. The van der Waals surface area contributed by atoms with Crippen molar-refractivity contribution in [3.05, 3.63) is 46.4 Å². The van der Waals surface area contributed by atoms with Gasteiger partial charge in [0.05, 0.1) is 11.1 Å². The summed E-state index contributed by atoms with van der Waals surface area (Å²) in [5, 5.41) is -0.134. The maximum atomic E-state index is 13.1. The van der Waals surface area contributed by atoms with Gasteiger partial charge in [-0.3, -0.25) is 4.79 Å². The van der Waals surface area contributed by atoms with E-state index in [-0.39, 0.29) is 53.9 Å². The van der Waals surface area contributed by atoms with Crippen LogP contribution >= 0.6 is 24.0 Å². The van der Waals surface area contributed by atoms with E-state index in [1.165, 1.54) is 12.3 Å². The number of aromatic nitrogens is 2. The molecule has 3 heterocycles. The number of ketones is 1. The Morgan fingerprint density at radius 2 is 1.97 bits per heavy atom. The van der Waals surface area contributed by atoms with Crippen molar-refractivity contribution in [1.29, 1.82) is 0 Å². The smallest absolute Gasteiger partial charge is 0.418 e. The summed E-state index contributed by atoms with van der Waals surface area (Å²) < 4.78 is 74.5. The largest absolute Gasteiger partial charge is 0.446 e. The quantitative estimate of drug-likeness (QED) is 0.436. The Balaban J connectivity index is 0.00000289. The maximum absolute atomic E-state index is 13.1. The number of halogens is 7. The molecule has 1 atom stereocenters. The van der Waals surface area contributed by atoms with Gasteiger partial charge in [-0.15, -0.1) is 12.4 Å². The molecule has 0 unspecified atom stereocenters. The van der Waals surface area contributed by atoms with E-state index >= 15 is 0 Å². The van der Waals surface area contributed by atoms with Crippen LogP contribution in [0, 0.1) is 0 Å². The number of rotatable bonds is 3. The van der Waals surface area contributed by atoms with Gasteiger partial charge in [0.1, 0.15) is 17.3 Å². The van der Waals surface area contributed by atoms with Gasteiger partial charge in [-0.2, -0.15) is 22.0 Å². The number of carbonyl (C=O) groups excluding carboxylic acids is 2. The molecule has 32 heavy (non-hydrogen) atoms. The van der Waals surface area contributed by atoms with Crippen LogP contribution in [-0.4, -0.2) is 35.1 Å². The number of carbonyl (C=O) groups is 2. The normalized spacial score (nSPS) is 20.3. The predicted molar refractivity (Wildman–Crippen MR) is 101 cm³/mol. The van der Waals surface area contributed by atoms with Crippen LogP contribution in [0.15, 0.2) is 24.5 Å². The summed E-state index contributed by atoms with van der Waals surface area (Å²) >= 11 is 6.06. The third kappa shape index (κ3) is 3.81. The number of Topliss-reactive ketones (excluding diaryl/α,β-unsaturated/α-hetero) is 1. The minimum atomic E-state index is -4.89. The van der Waals surface area contributed by atoms with E-state index < -0.39 is 41.6 Å². The molecule has 0 bridgehead atoms. The number of cyclic esters (lactones) is 1. The van der Waals surface area contributed by atoms with E-state index in [2.05, 4.69) is 14.7 Å². The van der Waals surface area contributed by atoms with Gasteiger partial charge >= 0.3 is 18.9 Å². The third-order valence-electron chi connectivity index (χ3n) is 5.08. The first kappa shape index (κ1) is 23.9. The Kier molecular flexibility index (Phi) is 6.22. The molecule has 172 valence electrons.